The van der Waals surface area contributed by atoms with E-state index in [1.54, 1.807) is 6.20 Å². The average Bonchev–Trinajstić information content (AvgIpc) is 3.16. The van der Waals surface area contributed by atoms with Crippen molar-refractivity contribution in [2.75, 3.05) is 13.1 Å². The van der Waals surface area contributed by atoms with Crippen LogP contribution in [0.25, 0.3) is 11.3 Å². The minimum absolute atomic E-state index is 0.380. The molecule has 0 saturated carbocycles. The van der Waals surface area contributed by atoms with Crippen molar-refractivity contribution >= 4 is 5.96 Å². The van der Waals surface area contributed by atoms with Gasteiger partial charge in [-0.25, -0.2) is 9.98 Å². The molecular weight excluding hydrogens is 338 g/mol. The number of rotatable bonds is 7. The lowest BCUT2D eigenvalue weighted by atomic mass is 10.1. The van der Waals surface area contributed by atoms with Crippen molar-refractivity contribution < 1.29 is 4.42 Å². The van der Waals surface area contributed by atoms with Crippen LogP contribution in [-0.2, 0) is 13.0 Å². The zero-order valence-corrected chi connectivity index (χ0v) is 15.8. The molecule has 0 atom stereocenters. The molecular formula is C21H25N5O. The Balaban J connectivity index is 1.57. The van der Waals surface area contributed by atoms with Crippen molar-refractivity contribution in [1.82, 2.24) is 20.6 Å². The average molecular weight is 363 g/mol. The van der Waals surface area contributed by atoms with Gasteiger partial charge >= 0.3 is 0 Å². The third kappa shape index (κ3) is 5.67. The fourth-order valence-electron chi connectivity index (χ4n) is 2.58. The molecule has 0 spiro atoms. The number of aliphatic imine (C=N–C) groups is 1. The molecule has 0 aliphatic rings. The summed E-state index contributed by atoms with van der Waals surface area (Å²) in [6, 6.07) is 14.1. The maximum Gasteiger partial charge on any atom is 0.216 e. The molecule has 2 heterocycles. The van der Waals surface area contributed by atoms with Crippen LogP contribution in [0.2, 0.25) is 0 Å². The number of aromatic nitrogens is 2. The van der Waals surface area contributed by atoms with Crippen LogP contribution in [0.15, 0.2) is 64.3 Å². The van der Waals surface area contributed by atoms with Crippen LogP contribution in [0.3, 0.4) is 0 Å². The summed E-state index contributed by atoms with van der Waals surface area (Å²) in [5.74, 6) is 2.09. The zero-order chi connectivity index (χ0) is 18.9. The SMILES string of the molecule is CCNC(=NCc1ncc(-c2ccc(C)cc2)o1)NCCc1ccccn1. The van der Waals surface area contributed by atoms with Crippen molar-refractivity contribution in [3.05, 3.63) is 72.0 Å². The lowest BCUT2D eigenvalue weighted by Crippen LogP contribution is -2.38. The molecule has 3 aromatic rings. The number of aryl methyl sites for hydroxylation is 1. The smallest absolute Gasteiger partial charge is 0.216 e. The van der Waals surface area contributed by atoms with Gasteiger partial charge in [-0.1, -0.05) is 35.9 Å². The molecule has 140 valence electrons. The summed E-state index contributed by atoms with van der Waals surface area (Å²) in [6.45, 7) is 6.02. The first-order valence-electron chi connectivity index (χ1n) is 9.18. The molecule has 0 bridgehead atoms. The molecule has 6 heteroatoms. The van der Waals surface area contributed by atoms with Crippen molar-refractivity contribution in [3.8, 4) is 11.3 Å². The summed E-state index contributed by atoms with van der Waals surface area (Å²) in [5.41, 5.74) is 3.29. The summed E-state index contributed by atoms with van der Waals surface area (Å²) in [7, 11) is 0. The Morgan fingerprint density at radius 3 is 2.67 bits per heavy atom. The fraction of sp³-hybridized carbons (Fsp3) is 0.286. The van der Waals surface area contributed by atoms with Gasteiger partial charge in [-0.3, -0.25) is 4.98 Å². The Hall–Kier alpha value is -3.15. The van der Waals surface area contributed by atoms with Crippen molar-refractivity contribution in [1.29, 1.82) is 0 Å². The summed E-state index contributed by atoms with van der Waals surface area (Å²) in [6.07, 6.45) is 4.39. The summed E-state index contributed by atoms with van der Waals surface area (Å²) in [4.78, 5) is 13.2. The second kappa shape index (κ2) is 9.52. The van der Waals surface area contributed by atoms with Crippen molar-refractivity contribution in [2.24, 2.45) is 4.99 Å². The number of benzene rings is 1. The van der Waals surface area contributed by atoms with Gasteiger partial charge in [-0.2, -0.15) is 0 Å². The Morgan fingerprint density at radius 1 is 1.07 bits per heavy atom. The molecule has 0 aliphatic heterocycles. The van der Waals surface area contributed by atoms with E-state index in [1.807, 2.05) is 43.5 Å². The molecule has 0 amide bonds. The van der Waals surface area contributed by atoms with Crippen LogP contribution in [0.5, 0.6) is 0 Å². The maximum absolute atomic E-state index is 5.83. The highest BCUT2D eigenvalue weighted by atomic mass is 16.4. The summed E-state index contributed by atoms with van der Waals surface area (Å²) >= 11 is 0. The van der Waals surface area contributed by atoms with Gasteiger partial charge in [-0.15, -0.1) is 0 Å². The number of nitrogens with one attached hydrogen (secondary N) is 2. The van der Waals surface area contributed by atoms with Gasteiger partial charge in [0.15, 0.2) is 11.7 Å². The first-order chi connectivity index (χ1) is 13.2. The van der Waals surface area contributed by atoms with Gasteiger partial charge in [0, 0.05) is 37.0 Å². The number of pyridine rings is 1. The zero-order valence-electron chi connectivity index (χ0n) is 15.8. The minimum atomic E-state index is 0.380. The van der Waals surface area contributed by atoms with E-state index >= 15 is 0 Å². The number of hydrogen-bond donors (Lipinski definition) is 2. The Bertz CT molecular complexity index is 856. The molecule has 27 heavy (non-hydrogen) atoms. The first-order valence-corrected chi connectivity index (χ1v) is 9.18. The van der Waals surface area contributed by atoms with E-state index in [0.717, 1.165) is 42.5 Å². The number of oxazole rings is 1. The van der Waals surface area contributed by atoms with E-state index in [-0.39, 0.29) is 0 Å². The second-order valence-electron chi connectivity index (χ2n) is 6.18. The topological polar surface area (TPSA) is 75.3 Å². The van der Waals surface area contributed by atoms with Gasteiger partial charge in [0.1, 0.15) is 6.54 Å². The van der Waals surface area contributed by atoms with E-state index in [1.165, 1.54) is 5.56 Å². The van der Waals surface area contributed by atoms with Crippen LogP contribution in [0.4, 0.5) is 0 Å². The van der Waals surface area contributed by atoms with Gasteiger partial charge in [-0.05, 0) is 26.0 Å². The van der Waals surface area contributed by atoms with Crippen LogP contribution < -0.4 is 10.6 Å². The molecule has 6 nitrogen and oxygen atoms in total. The molecule has 1 aromatic carbocycles. The molecule has 0 radical (unpaired) electrons. The summed E-state index contributed by atoms with van der Waals surface area (Å²) in [5, 5.41) is 6.55. The van der Waals surface area contributed by atoms with Crippen LogP contribution in [0, 0.1) is 6.92 Å². The van der Waals surface area contributed by atoms with E-state index < -0.39 is 0 Å². The lowest BCUT2D eigenvalue weighted by Gasteiger charge is -2.10. The molecule has 0 fully saturated rings. The van der Waals surface area contributed by atoms with Gasteiger partial charge < -0.3 is 15.1 Å². The number of guanidine groups is 1. The first kappa shape index (κ1) is 18.6. The minimum Gasteiger partial charge on any atom is -0.439 e. The maximum atomic E-state index is 5.83. The van der Waals surface area contributed by atoms with Crippen LogP contribution >= 0.6 is 0 Å². The molecule has 3 rings (SSSR count). The van der Waals surface area contributed by atoms with Crippen LogP contribution in [-0.4, -0.2) is 29.0 Å². The van der Waals surface area contributed by atoms with E-state index in [0.29, 0.717) is 12.4 Å². The Morgan fingerprint density at radius 2 is 1.93 bits per heavy atom. The van der Waals surface area contributed by atoms with Gasteiger partial charge in [0.2, 0.25) is 5.89 Å². The monoisotopic (exact) mass is 363 g/mol. The van der Waals surface area contributed by atoms with Crippen LogP contribution in [0.1, 0.15) is 24.1 Å². The van der Waals surface area contributed by atoms with Gasteiger partial charge in [0.25, 0.3) is 0 Å². The quantitative estimate of drug-likeness (QED) is 0.497. The molecule has 0 saturated heterocycles. The molecule has 0 unspecified atom stereocenters. The summed E-state index contributed by atoms with van der Waals surface area (Å²) < 4.78 is 5.83. The van der Waals surface area contributed by atoms with E-state index in [9.17, 15) is 0 Å². The third-order valence-corrected chi connectivity index (χ3v) is 4.01. The lowest BCUT2D eigenvalue weighted by molar-refractivity contribution is 0.509. The molecule has 2 N–H and O–H groups in total. The fourth-order valence-corrected chi connectivity index (χ4v) is 2.58. The van der Waals surface area contributed by atoms with E-state index in [4.69, 9.17) is 4.42 Å². The number of nitrogens with zero attached hydrogens (tertiary/aromatic N) is 3. The van der Waals surface area contributed by atoms with Gasteiger partial charge in [0.05, 0.1) is 6.20 Å². The predicted molar refractivity (Wildman–Crippen MR) is 107 cm³/mol. The molecule has 0 aliphatic carbocycles. The predicted octanol–water partition coefficient (Wildman–Crippen LogP) is 3.34. The highest BCUT2D eigenvalue weighted by Gasteiger charge is 2.06. The number of hydrogen-bond acceptors (Lipinski definition) is 4. The van der Waals surface area contributed by atoms with Crippen molar-refractivity contribution in [2.45, 2.75) is 26.8 Å². The third-order valence-electron chi connectivity index (χ3n) is 4.01. The highest BCUT2D eigenvalue weighted by Crippen LogP contribution is 2.20. The van der Waals surface area contributed by atoms with E-state index in [2.05, 4.69) is 44.7 Å². The standard InChI is InChI=1S/C21H25N5O/c1-3-22-21(24-13-11-18-6-4-5-12-23-18)26-15-20-25-14-19(27-20)17-9-7-16(2)8-10-17/h4-10,12,14H,3,11,13,15H2,1-2H3,(H2,22,24,26). The largest absolute Gasteiger partial charge is 0.439 e. The Kier molecular flexibility index (Phi) is 6.57. The normalized spacial score (nSPS) is 11.4. The second-order valence-corrected chi connectivity index (χ2v) is 6.18. The molecule has 2 aromatic heterocycles. The van der Waals surface area contributed by atoms with Crippen molar-refractivity contribution in [3.63, 3.8) is 0 Å². The Labute approximate surface area is 159 Å². The highest BCUT2D eigenvalue weighted by molar-refractivity contribution is 5.79.